The molecule has 0 radical (unpaired) electrons. The van der Waals surface area contributed by atoms with E-state index in [4.69, 9.17) is 28.4 Å². The van der Waals surface area contributed by atoms with E-state index in [1.807, 2.05) is 72.8 Å². The maximum absolute atomic E-state index is 12.2. The van der Waals surface area contributed by atoms with Gasteiger partial charge in [0.25, 0.3) is 0 Å². The van der Waals surface area contributed by atoms with Crippen LogP contribution in [0.2, 0.25) is 0 Å². The Balaban J connectivity index is 0.000000122. The van der Waals surface area contributed by atoms with Crippen molar-refractivity contribution in [1.29, 1.82) is 15.8 Å². The van der Waals surface area contributed by atoms with E-state index in [-0.39, 0.29) is 17.4 Å². The fourth-order valence-corrected chi connectivity index (χ4v) is 15.0. The average molecular weight is 1410 g/mol. The lowest BCUT2D eigenvalue weighted by Crippen LogP contribution is -2.44. The second kappa shape index (κ2) is 30.9. The van der Waals surface area contributed by atoms with Crippen LogP contribution in [0, 0.1) is 39.4 Å². The third kappa shape index (κ3) is 14.8. The minimum atomic E-state index is 0.0267. The van der Waals surface area contributed by atoms with Crippen LogP contribution in [0.15, 0.2) is 194 Å². The number of aromatic amines is 3. The quantitative estimate of drug-likeness (QED) is 0.0748. The van der Waals surface area contributed by atoms with E-state index in [2.05, 4.69) is 180 Å². The molecule has 19 heteroatoms. The molecule has 106 heavy (non-hydrogen) atoms. The van der Waals surface area contributed by atoms with Gasteiger partial charge in [-0.15, -0.1) is 0 Å². The largest absolute Gasteiger partial charge is 0.491 e. The molecule has 0 saturated carbocycles. The number of morpholine rings is 3. The minimum Gasteiger partial charge on any atom is -0.491 e. The molecular weight excluding hydrogens is 1330 g/mol. The Labute approximate surface area is 616 Å². The molecule has 19 nitrogen and oxygen atoms in total. The van der Waals surface area contributed by atoms with Crippen molar-refractivity contribution in [1.82, 2.24) is 25.3 Å². The molecule has 0 unspecified atom stereocenters. The van der Waals surface area contributed by atoms with E-state index in [1.165, 1.54) is 17.1 Å². The summed E-state index contributed by atoms with van der Waals surface area (Å²) in [5, 5.41) is 35.9. The number of rotatable bonds is 15. The third-order valence-corrected chi connectivity index (χ3v) is 20.9. The van der Waals surface area contributed by atoms with Gasteiger partial charge in [0.05, 0.1) is 81.8 Å². The zero-order valence-electron chi connectivity index (χ0n) is 59.3. The van der Waals surface area contributed by atoms with E-state index >= 15 is 0 Å². The highest BCUT2D eigenvalue weighted by atomic mass is 16.5. The van der Waals surface area contributed by atoms with Crippen molar-refractivity contribution in [2.75, 3.05) is 138 Å². The van der Waals surface area contributed by atoms with Gasteiger partial charge in [-0.2, -0.15) is 15.8 Å². The molecule has 10 heterocycles. The molecule has 6 aliphatic heterocycles. The van der Waals surface area contributed by atoms with E-state index in [1.54, 1.807) is 11.1 Å². The molecule has 1 amide bonds. The molecule has 8 aromatic carbocycles. The van der Waals surface area contributed by atoms with Crippen LogP contribution in [0.5, 0.6) is 11.5 Å². The monoisotopic (exact) mass is 1410 g/mol. The first-order chi connectivity index (χ1) is 52.1. The molecule has 1 atom stereocenters. The summed E-state index contributed by atoms with van der Waals surface area (Å²) in [6, 6.07) is 71.4. The molecule has 6 aliphatic rings. The van der Waals surface area contributed by atoms with E-state index in [0.29, 0.717) is 66.7 Å². The first kappa shape index (κ1) is 68.7. The normalized spacial score (nSPS) is 17.0. The highest BCUT2D eigenvalue weighted by molar-refractivity contribution is 6.02. The molecule has 0 aliphatic carbocycles. The lowest BCUT2D eigenvalue weighted by Gasteiger charge is -2.37. The maximum Gasteiger partial charge on any atom is 0.227 e. The summed E-state index contributed by atoms with van der Waals surface area (Å²) in [5.41, 5.74) is 21.6. The molecule has 4 aromatic heterocycles. The molecule has 0 spiro atoms. The number of hydrogen-bond donors (Lipinski definition) is 4. The standard InChI is InChI=1S/C30H29N3O3.C29H26N4O2.C28H27N5O2/c1-30(18-35-19-30)20-36-29-10-7-22(15-23(29)17-31)25-3-2-4-27-26(25)16-28(32-27)21-5-8-24(9-6-21)33-11-13-34-14-12-33;30-19-22-17-21(8-11-28(22)33-12-2-5-29(33)34)24-3-1-4-26-25(24)18-27(31-26)20-6-9-23(10-7-20)32-13-15-35-16-14-32;29-17-21-15-20(3-6-27(21)35-23-7-9-30-18-23)24-8-10-31-28-25(24)16-26(32-28)19-1-4-22(5-2-19)33-11-13-34-14-12-33/h2-10,15-16,32H,11-14,18-20H2,1H3;1,3-4,6-11,17-18,31H,2,5,12-16H2;1-6,8,10,15-16,23,30H,7,9,11-14,18H2,(H,31,32)/t;;23-/m..1/s1. The number of nitriles is 3. The molecule has 6 saturated heterocycles. The van der Waals surface area contributed by atoms with Crippen molar-refractivity contribution in [2.24, 2.45) is 5.41 Å². The zero-order valence-corrected chi connectivity index (χ0v) is 59.3. The van der Waals surface area contributed by atoms with Crippen molar-refractivity contribution < 1.29 is 33.2 Å². The number of carbonyl (C=O) groups is 1. The summed E-state index contributed by atoms with van der Waals surface area (Å²) in [5.74, 6) is 1.35. The van der Waals surface area contributed by atoms with Crippen LogP contribution in [0.4, 0.5) is 22.7 Å². The molecule has 0 bridgehead atoms. The number of carbonyl (C=O) groups excluding carboxylic acids is 1. The Morgan fingerprint density at radius 2 is 0.962 bits per heavy atom. The number of pyridine rings is 1. The van der Waals surface area contributed by atoms with Gasteiger partial charge in [-0.25, -0.2) is 4.98 Å². The van der Waals surface area contributed by atoms with Gasteiger partial charge in [0.1, 0.15) is 41.5 Å². The summed E-state index contributed by atoms with van der Waals surface area (Å²) in [4.78, 5) is 36.2. The van der Waals surface area contributed by atoms with Gasteiger partial charge in [0, 0.05) is 132 Å². The van der Waals surface area contributed by atoms with Gasteiger partial charge in [0.2, 0.25) is 5.91 Å². The third-order valence-electron chi connectivity index (χ3n) is 20.9. The highest BCUT2D eigenvalue weighted by Gasteiger charge is 2.35. The Bertz CT molecular complexity index is 5290. The average Bonchev–Trinajstić information content (AvgIpc) is 1.61. The fourth-order valence-electron chi connectivity index (χ4n) is 15.0. The highest BCUT2D eigenvalue weighted by Crippen LogP contribution is 2.40. The van der Waals surface area contributed by atoms with Crippen molar-refractivity contribution in [3.05, 3.63) is 211 Å². The topological polar surface area (TPSA) is 229 Å². The van der Waals surface area contributed by atoms with Crippen LogP contribution in [0.25, 0.3) is 100.0 Å². The van der Waals surface area contributed by atoms with Crippen LogP contribution in [0.3, 0.4) is 0 Å². The molecule has 6 fully saturated rings. The van der Waals surface area contributed by atoms with E-state index < -0.39 is 0 Å². The summed E-state index contributed by atoms with van der Waals surface area (Å²) in [6.07, 6.45) is 4.26. The van der Waals surface area contributed by atoms with Gasteiger partial charge < -0.3 is 68.3 Å². The number of anilines is 4. The smallest absolute Gasteiger partial charge is 0.227 e. The van der Waals surface area contributed by atoms with Gasteiger partial charge in [-0.3, -0.25) is 4.79 Å². The number of aromatic nitrogens is 4. The van der Waals surface area contributed by atoms with Crippen LogP contribution in [-0.2, 0) is 23.7 Å². The van der Waals surface area contributed by atoms with Crippen LogP contribution in [-0.4, -0.2) is 150 Å². The number of benzene rings is 8. The van der Waals surface area contributed by atoms with Crippen LogP contribution < -0.4 is 34.4 Å². The first-order valence-corrected chi connectivity index (χ1v) is 36.6. The number of fused-ring (bicyclic) bond motifs is 3. The van der Waals surface area contributed by atoms with Crippen molar-refractivity contribution in [2.45, 2.75) is 32.3 Å². The number of nitrogens with one attached hydrogen (secondary N) is 4. The lowest BCUT2D eigenvalue weighted by atomic mass is 9.90. The van der Waals surface area contributed by atoms with Gasteiger partial charge in [0.15, 0.2) is 0 Å². The SMILES string of the molecule is CC1(COc2ccc(-c3cccc4[nH]c(-c5ccc(N6CCOCC6)cc5)cc34)cc2C#N)COC1.N#Cc1cc(-c2cccc3[nH]c(-c4ccc(N5CCOCC5)cc4)cc23)ccc1N1CCCC1=O.N#Cc1cc(-c2ccnc3[nH]c(-c4ccc(N5CCOCC5)cc4)cc23)ccc1O[C@@H]1CCNC1. The van der Waals surface area contributed by atoms with Crippen LogP contribution in [0.1, 0.15) is 42.9 Å². The minimum absolute atomic E-state index is 0.0267. The Morgan fingerprint density at radius 3 is 1.43 bits per heavy atom. The molecule has 12 aromatic rings. The van der Waals surface area contributed by atoms with Gasteiger partial charge in [-0.05, 0) is 179 Å². The number of hydrogen-bond acceptors (Lipinski definition) is 15. The van der Waals surface area contributed by atoms with Crippen LogP contribution >= 0.6 is 0 Å². The molecule has 18 rings (SSSR count). The summed E-state index contributed by atoms with van der Waals surface area (Å²) in [7, 11) is 0. The number of ether oxygens (including phenoxy) is 6. The second-order valence-electron chi connectivity index (χ2n) is 28.1. The van der Waals surface area contributed by atoms with Gasteiger partial charge >= 0.3 is 0 Å². The Hall–Kier alpha value is -11.7. The fraction of sp³-hybridized carbons (Fsp3) is 0.276. The Morgan fingerprint density at radius 1 is 0.500 bits per heavy atom. The first-order valence-electron chi connectivity index (χ1n) is 36.6. The number of H-pyrrole nitrogens is 3. The van der Waals surface area contributed by atoms with Gasteiger partial charge in [-0.1, -0.05) is 85.8 Å². The summed E-state index contributed by atoms with van der Waals surface area (Å²) < 4.78 is 33.8. The Kier molecular flexibility index (Phi) is 20.0. The molecular formula is C87H82N12O7. The zero-order chi connectivity index (χ0) is 71.9. The van der Waals surface area contributed by atoms with Crippen molar-refractivity contribution in [3.63, 3.8) is 0 Å². The van der Waals surface area contributed by atoms with Crippen molar-refractivity contribution >= 4 is 61.5 Å². The lowest BCUT2D eigenvalue weighted by molar-refractivity contribution is -0.120. The van der Waals surface area contributed by atoms with Crippen molar-refractivity contribution in [3.8, 4) is 96.9 Å². The van der Waals surface area contributed by atoms with E-state index in [9.17, 15) is 20.6 Å². The molecule has 532 valence electrons. The van der Waals surface area contributed by atoms with E-state index in [0.717, 1.165) is 205 Å². The number of nitrogens with zero attached hydrogens (tertiary/aromatic N) is 8. The predicted octanol–water partition coefficient (Wildman–Crippen LogP) is 15.3. The summed E-state index contributed by atoms with van der Waals surface area (Å²) >= 11 is 0. The number of amides is 1. The maximum atomic E-state index is 12.2. The second-order valence-corrected chi connectivity index (χ2v) is 28.1. The molecule has 4 N–H and O–H groups in total. The summed E-state index contributed by atoms with van der Waals surface area (Å²) in [6.45, 7) is 16.7. The predicted molar refractivity (Wildman–Crippen MR) is 416 cm³/mol.